The van der Waals surface area contributed by atoms with Gasteiger partial charge < -0.3 is 0 Å². The van der Waals surface area contributed by atoms with Crippen molar-refractivity contribution in [2.45, 2.75) is 0 Å². The van der Waals surface area contributed by atoms with Crippen LogP contribution in [0.3, 0.4) is 0 Å². The topological polar surface area (TPSA) is 60.2 Å². The molecule has 0 unspecified atom stereocenters. The summed E-state index contributed by atoms with van der Waals surface area (Å²) in [6, 6.07) is 3.70. The van der Waals surface area contributed by atoms with Crippen LogP contribution in [-0.4, -0.2) is 10.7 Å². The Hall–Kier alpha value is -1.68. The zero-order valence-electron chi connectivity index (χ0n) is 7.07. The van der Waals surface area contributed by atoms with E-state index in [1.165, 1.54) is 12.1 Å². The number of ketones is 1. The van der Waals surface area contributed by atoms with Crippen LogP contribution in [0.1, 0.15) is 10.4 Å². The highest BCUT2D eigenvalue weighted by molar-refractivity contribution is 6.31. The number of allylic oxidation sites excluding steroid dienone is 1. The second-order valence-corrected chi connectivity index (χ2v) is 2.96. The van der Waals surface area contributed by atoms with Crippen LogP contribution in [0.5, 0.6) is 0 Å². The van der Waals surface area contributed by atoms with Crippen molar-refractivity contribution < 1.29 is 9.72 Å². The highest BCUT2D eigenvalue weighted by Crippen LogP contribution is 2.21. The quantitative estimate of drug-likeness (QED) is 0.334. The first-order chi connectivity index (χ1) is 6.54. The van der Waals surface area contributed by atoms with Crippen LogP contribution < -0.4 is 0 Å². The molecule has 1 rings (SSSR count). The fraction of sp³-hybridized carbons (Fsp3) is 0. The van der Waals surface area contributed by atoms with E-state index < -0.39 is 10.7 Å². The average Bonchev–Trinajstić information content (AvgIpc) is 2.15. The summed E-state index contributed by atoms with van der Waals surface area (Å²) in [6.07, 6.45) is 1.08. The summed E-state index contributed by atoms with van der Waals surface area (Å²) in [5.74, 6) is -0.393. The van der Waals surface area contributed by atoms with Gasteiger partial charge in [0.1, 0.15) is 0 Å². The van der Waals surface area contributed by atoms with E-state index in [0.29, 0.717) is 0 Å². The molecule has 72 valence electrons. The van der Waals surface area contributed by atoms with Crippen molar-refractivity contribution in [3.8, 4) is 0 Å². The molecule has 0 aliphatic carbocycles. The van der Waals surface area contributed by atoms with E-state index in [1.54, 1.807) is 0 Å². The van der Waals surface area contributed by atoms with E-state index in [1.807, 2.05) is 0 Å². The molecule has 1 aromatic rings. The van der Waals surface area contributed by atoms with Gasteiger partial charge in [-0.25, -0.2) is 0 Å². The van der Waals surface area contributed by atoms with Gasteiger partial charge >= 0.3 is 0 Å². The Morgan fingerprint density at radius 1 is 1.50 bits per heavy atom. The SMILES string of the molecule is C=CC(=O)c1cc(Cl)cc([N+](=O)[O-])c1. The number of carbonyl (C=O) groups is 1. The second kappa shape index (κ2) is 4.02. The van der Waals surface area contributed by atoms with Gasteiger partial charge in [-0.3, -0.25) is 14.9 Å². The summed E-state index contributed by atoms with van der Waals surface area (Å²) < 4.78 is 0. The van der Waals surface area contributed by atoms with E-state index in [-0.39, 0.29) is 16.3 Å². The first-order valence-corrected chi connectivity index (χ1v) is 4.04. The van der Waals surface area contributed by atoms with Gasteiger partial charge in [0.2, 0.25) is 0 Å². The standard InChI is InChI=1S/C9H6ClNO3/c1-2-9(12)6-3-7(10)5-8(4-6)11(13)14/h2-5H,1H2. The van der Waals surface area contributed by atoms with Gasteiger partial charge in [-0.15, -0.1) is 0 Å². The fourth-order valence-corrected chi connectivity index (χ4v) is 1.17. The molecule has 0 atom stereocenters. The van der Waals surface area contributed by atoms with Gasteiger partial charge in [-0.05, 0) is 12.1 Å². The van der Waals surface area contributed by atoms with Crippen molar-refractivity contribution in [1.82, 2.24) is 0 Å². The molecule has 4 nitrogen and oxygen atoms in total. The maximum Gasteiger partial charge on any atom is 0.271 e. The first-order valence-electron chi connectivity index (χ1n) is 3.66. The minimum atomic E-state index is -0.605. The number of rotatable bonds is 3. The van der Waals surface area contributed by atoms with Crippen LogP contribution in [0, 0.1) is 10.1 Å². The summed E-state index contributed by atoms with van der Waals surface area (Å²) >= 11 is 5.60. The maximum absolute atomic E-state index is 11.1. The molecule has 0 fully saturated rings. The Morgan fingerprint density at radius 3 is 2.64 bits per heavy atom. The molecule has 0 bridgehead atoms. The number of hydrogen-bond acceptors (Lipinski definition) is 3. The van der Waals surface area contributed by atoms with E-state index >= 15 is 0 Å². The molecule has 0 spiro atoms. The number of benzene rings is 1. The first kappa shape index (κ1) is 10.4. The van der Waals surface area contributed by atoms with Crippen LogP contribution >= 0.6 is 11.6 Å². The van der Waals surface area contributed by atoms with Crippen molar-refractivity contribution in [1.29, 1.82) is 0 Å². The van der Waals surface area contributed by atoms with Crippen LogP contribution in [0.15, 0.2) is 30.9 Å². The number of nitro benzene ring substituents is 1. The lowest BCUT2D eigenvalue weighted by atomic mass is 10.1. The number of halogens is 1. The van der Waals surface area contributed by atoms with Crippen molar-refractivity contribution in [2.24, 2.45) is 0 Å². The van der Waals surface area contributed by atoms with Crippen molar-refractivity contribution in [2.75, 3.05) is 0 Å². The van der Waals surface area contributed by atoms with Gasteiger partial charge in [0, 0.05) is 22.7 Å². The molecule has 0 aliphatic heterocycles. The number of nitro groups is 1. The van der Waals surface area contributed by atoms with Crippen LogP contribution in [-0.2, 0) is 0 Å². The molecular weight excluding hydrogens is 206 g/mol. The van der Waals surface area contributed by atoms with E-state index in [9.17, 15) is 14.9 Å². The molecule has 0 aliphatic rings. The Kier molecular flexibility index (Phi) is 2.99. The highest BCUT2D eigenvalue weighted by Gasteiger charge is 2.11. The molecule has 0 amide bonds. The van der Waals surface area contributed by atoms with Gasteiger partial charge in [-0.2, -0.15) is 0 Å². The molecule has 0 N–H and O–H groups in total. The lowest BCUT2D eigenvalue weighted by Crippen LogP contribution is -1.96. The normalized spacial score (nSPS) is 9.50. The minimum Gasteiger partial charge on any atom is -0.289 e. The third-order valence-electron chi connectivity index (χ3n) is 1.56. The smallest absolute Gasteiger partial charge is 0.271 e. The number of nitrogens with zero attached hydrogens (tertiary/aromatic N) is 1. The molecule has 1 aromatic carbocycles. The third-order valence-corrected chi connectivity index (χ3v) is 1.78. The molecule has 0 heterocycles. The summed E-state index contributed by atoms with van der Waals surface area (Å²) in [6.45, 7) is 3.28. The van der Waals surface area contributed by atoms with Gasteiger partial charge in [-0.1, -0.05) is 18.2 Å². The molecule has 14 heavy (non-hydrogen) atoms. The van der Waals surface area contributed by atoms with Crippen LogP contribution in [0.4, 0.5) is 5.69 Å². The van der Waals surface area contributed by atoms with E-state index in [2.05, 4.69) is 6.58 Å². The van der Waals surface area contributed by atoms with E-state index in [4.69, 9.17) is 11.6 Å². The third kappa shape index (κ3) is 2.17. The van der Waals surface area contributed by atoms with E-state index in [0.717, 1.165) is 12.1 Å². The largest absolute Gasteiger partial charge is 0.289 e. The van der Waals surface area contributed by atoms with Crippen molar-refractivity contribution in [3.05, 3.63) is 51.6 Å². The van der Waals surface area contributed by atoms with Gasteiger partial charge in [0.25, 0.3) is 5.69 Å². The predicted octanol–water partition coefficient (Wildman–Crippen LogP) is 2.62. The average molecular weight is 212 g/mol. The lowest BCUT2D eigenvalue weighted by molar-refractivity contribution is -0.384. The van der Waals surface area contributed by atoms with Crippen molar-refractivity contribution >= 4 is 23.1 Å². The summed E-state index contributed by atoms with van der Waals surface area (Å²) in [4.78, 5) is 21.0. The molecule has 0 saturated carbocycles. The molecule has 0 radical (unpaired) electrons. The van der Waals surface area contributed by atoms with Crippen molar-refractivity contribution in [3.63, 3.8) is 0 Å². The fourth-order valence-electron chi connectivity index (χ4n) is 0.940. The van der Waals surface area contributed by atoms with Crippen LogP contribution in [0.2, 0.25) is 5.02 Å². The Morgan fingerprint density at radius 2 is 2.14 bits per heavy atom. The molecule has 0 aromatic heterocycles. The monoisotopic (exact) mass is 211 g/mol. The number of non-ortho nitro benzene ring substituents is 1. The van der Waals surface area contributed by atoms with Gasteiger partial charge in [0.05, 0.1) is 4.92 Å². The number of carbonyl (C=O) groups excluding carboxylic acids is 1. The molecule has 0 saturated heterocycles. The minimum absolute atomic E-state index is 0.157. The Bertz CT molecular complexity index is 415. The highest BCUT2D eigenvalue weighted by atomic mass is 35.5. The molecule has 5 heteroatoms. The van der Waals surface area contributed by atoms with Crippen LogP contribution in [0.25, 0.3) is 0 Å². The lowest BCUT2D eigenvalue weighted by Gasteiger charge is -1.97. The summed E-state index contributed by atoms with van der Waals surface area (Å²) in [7, 11) is 0. The summed E-state index contributed by atoms with van der Waals surface area (Å²) in [5.41, 5.74) is -0.0399. The second-order valence-electron chi connectivity index (χ2n) is 2.52. The predicted molar refractivity (Wildman–Crippen MR) is 52.6 cm³/mol. The Labute approximate surface area is 85.0 Å². The van der Waals surface area contributed by atoms with Gasteiger partial charge in [0.15, 0.2) is 5.78 Å². The zero-order chi connectivity index (χ0) is 10.7. The molecular formula is C9H6ClNO3. The zero-order valence-corrected chi connectivity index (χ0v) is 7.82. The Balaban J connectivity index is 3.26. The number of hydrogen-bond donors (Lipinski definition) is 0. The summed E-state index contributed by atoms with van der Waals surface area (Å²) in [5, 5.41) is 10.6. The maximum atomic E-state index is 11.1.